The molecule has 0 bridgehead atoms. The van der Waals surface area contributed by atoms with Crippen LogP contribution in [-0.4, -0.2) is 15.0 Å². The highest BCUT2D eigenvalue weighted by Gasteiger charge is 2.00. The van der Waals surface area contributed by atoms with E-state index in [-0.39, 0.29) is 0 Å². The summed E-state index contributed by atoms with van der Waals surface area (Å²) < 4.78 is 0. The minimum Gasteiger partial charge on any atom is -0.326 e. The van der Waals surface area contributed by atoms with E-state index in [1.54, 1.807) is 18.6 Å². The van der Waals surface area contributed by atoms with Crippen molar-refractivity contribution in [2.24, 2.45) is 5.73 Å². The fraction of sp³-hybridized carbons (Fsp3) is 0.100. The number of nitrogens with two attached hydrogens (primary N) is 1. The van der Waals surface area contributed by atoms with Crippen LogP contribution in [0.3, 0.4) is 0 Å². The van der Waals surface area contributed by atoms with Crippen LogP contribution < -0.4 is 5.73 Å². The van der Waals surface area contributed by atoms with Gasteiger partial charge in [-0.1, -0.05) is 6.07 Å². The van der Waals surface area contributed by atoms with Crippen molar-refractivity contribution in [2.75, 3.05) is 0 Å². The van der Waals surface area contributed by atoms with Crippen molar-refractivity contribution < 1.29 is 0 Å². The Labute approximate surface area is 92.0 Å². The van der Waals surface area contributed by atoms with Crippen molar-refractivity contribution in [2.45, 2.75) is 16.7 Å². The van der Waals surface area contributed by atoms with Crippen molar-refractivity contribution >= 4 is 11.8 Å². The highest BCUT2D eigenvalue weighted by Crippen LogP contribution is 2.20. The second-order valence-electron chi connectivity index (χ2n) is 2.85. The van der Waals surface area contributed by atoms with Crippen LogP contribution in [-0.2, 0) is 6.54 Å². The fourth-order valence-electron chi connectivity index (χ4n) is 1.00. The molecule has 0 radical (unpaired) electrons. The van der Waals surface area contributed by atoms with Crippen molar-refractivity contribution in [3.05, 3.63) is 42.4 Å². The first-order chi connectivity index (χ1) is 7.38. The molecule has 0 aliphatic heterocycles. The summed E-state index contributed by atoms with van der Waals surface area (Å²) in [7, 11) is 0. The number of rotatable bonds is 3. The molecule has 0 spiro atoms. The molecule has 0 aliphatic rings. The molecular formula is C10H10N4S. The Morgan fingerprint density at radius 3 is 2.53 bits per heavy atom. The molecule has 76 valence electrons. The van der Waals surface area contributed by atoms with Crippen molar-refractivity contribution in [3.63, 3.8) is 0 Å². The van der Waals surface area contributed by atoms with Crippen molar-refractivity contribution in [1.82, 2.24) is 15.0 Å². The maximum Gasteiger partial charge on any atom is 0.193 e. The molecule has 0 saturated heterocycles. The van der Waals surface area contributed by atoms with Gasteiger partial charge in [0.25, 0.3) is 0 Å². The van der Waals surface area contributed by atoms with Gasteiger partial charge in [0.2, 0.25) is 0 Å². The van der Waals surface area contributed by atoms with Crippen LogP contribution in [0.15, 0.2) is 47.0 Å². The van der Waals surface area contributed by atoms with Crippen LogP contribution in [0, 0.1) is 0 Å². The first-order valence-electron chi connectivity index (χ1n) is 4.48. The molecule has 0 amide bonds. The third-order valence-corrected chi connectivity index (χ3v) is 2.59. The van der Waals surface area contributed by atoms with Gasteiger partial charge in [-0.15, -0.1) is 0 Å². The molecule has 2 heterocycles. The molecule has 15 heavy (non-hydrogen) atoms. The zero-order valence-electron chi connectivity index (χ0n) is 8.00. The summed E-state index contributed by atoms with van der Waals surface area (Å²) in [5, 5.41) is 1.57. The molecule has 0 unspecified atom stereocenters. The van der Waals surface area contributed by atoms with E-state index in [9.17, 15) is 0 Å². The van der Waals surface area contributed by atoms with Gasteiger partial charge >= 0.3 is 0 Å². The Balaban J connectivity index is 2.11. The summed E-state index contributed by atoms with van der Waals surface area (Å²) in [6.45, 7) is 0.467. The van der Waals surface area contributed by atoms with E-state index in [2.05, 4.69) is 15.0 Å². The van der Waals surface area contributed by atoms with Crippen LogP contribution in [0.25, 0.3) is 0 Å². The number of pyridine rings is 1. The summed E-state index contributed by atoms with van der Waals surface area (Å²) in [6.07, 6.45) is 5.22. The second-order valence-corrected chi connectivity index (χ2v) is 3.84. The van der Waals surface area contributed by atoms with Crippen LogP contribution in [0.5, 0.6) is 0 Å². The molecule has 2 rings (SSSR count). The van der Waals surface area contributed by atoms with Gasteiger partial charge in [0.05, 0.1) is 0 Å². The molecule has 0 aliphatic carbocycles. The zero-order valence-corrected chi connectivity index (χ0v) is 8.81. The van der Waals surface area contributed by atoms with E-state index < -0.39 is 0 Å². The van der Waals surface area contributed by atoms with Crippen LogP contribution in [0.1, 0.15) is 5.56 Å². The van der Waals surface area contributed by atoms with Gasteiger partial charge < -0.3 is 5.73 Å². The molecule has 0 atom stereocenters. The molecular weight excluding hydrogens is 208 g/mol. The van der Waals surface area contributed by atoms with E-state index in [1.807, 2.05) is 18.2 Å². The largest absolute Gasteiger partial charge is 0.326 e. The Morgan fingerprint density at radius 2 is 1.93 bits per heavy atom. The molecule has 2 N–H and O–H groups in total. The monoisotopic (exact) mass is 218 g/mol. The average molecular weight is 218 g/mol. The molecule has 0 saturated carbocycles. The predicted molar refractivity (Wildman–Crippen MR) is 58.3 cm³/mol. The predicted octanol–water partition coefficient (Wildman–Crippen LogP) is 1.48. The number of aromatic nitrogens is 3. The van der Waals surface area contributed by atoms with Gasteiger partial charge in [0, 0.05) is 30.7 Å². The van der Waals surface area contributed by atoms with Crippen LogP contribution >= 0.6 is 11.8 Å². The molecule has 2 aromatic heterocycles. The van der Waals surface area contributed by atoms with Crippen molar-refractivity contribution in [3.8, 4) is 0 Å². The van der Waals surface area contributed by atoms with Crippen LogP contribution in [0.2, 0.25) is 0 Å². The Bertz CT molecular complexity index is 415. The Morgan fingerprint density at radius 1 is 1.13 bits per heavy atom. The summed E-state index contributed by atoms with van der Waals surface area (Å²) in [4.78, 5) is 12.5. The SMILES string of the molecule is NCc1cnc(Sc2ccccn2)nc1. The lowest BCUT2D eigenvalue weighted by atomic mass is 10.4. The Kier molecular flexibility index (Phi) is 3.26. The molecule has 2 aromatic rings. The smallest absolute Gasteiger partial charge is 0.193 e. The number of hydrogen-bond acceptors (Lipinski definition) is 5. The van der Waals surface area contributed by atoms with Gasteiger partial charge in [-0.3, -0.25) is 0 Å². The molecule has 5 heteroatoms. The number of nitrogens with zero attached hydrogens (tertiary/aromatic N) is 3. The van der Waals surface area contributed by atoms with Gasteiger partial charge in [-0.2, -0.15) is 0 Å². The second kappa shape index (κ2) is 4.86. The summed E-state index contributed by atoms with van der Waals surface area (Å²) in [5.41, 5.74) is 6.38. The van der Waals surface area contributed by atoms with E-state index in [4.69, 9.17) is 5.73 Å². The third-order valence-electron chi connectivity index (χ3n) is 1.75. The van der Waals surface area contributed by atoms with Crippen LogP contribution in [0.4, 0.5) is 0 Å². The molecule has 0 fully saturated rings. The number of hydrogen-bond donors (Lipinski definition) is 1. The quantitative estimate of drug-likeness (QED) is 0.790. The zero-order chi connectivity index (χ0) is 10.5. The third kappa shape index (κ3) is 2.74. The average Bonchev–Trinajstić information content (AvgIpc) is 2.31. The normalized spacial score (nSPS) is 10.2. The molecule has 0 aromatic carbocycles. The topological polar surface area (TPSA) is 64.7 Å². The standard InChI is InChI=1S/C10H10N4S/c11-5-8-6-13-10(14-7-8)15-9-3-1-2-4-12-9/h1-4,6-7H,5,11H2. The minimum absolute atomic E-state index is 0.467. The molecule has 4 nitrogen and oxygen atoms in total. The first-order valence-corrected chi connectivity index (χ1v) is 5.30. The summed E-state index contributed by atoms with van der Waals surface area (Å²) in [5.74, 6) is 0. The van der Waals surface area contributed by atoms with E-state index in [1.165, 1.54) is 11.8 Å². The minimum atomic E-state index is 0.467. The van der Waals surface area contributed by atoms with Gasteiger partial charge in [-0.25, -0.2) is 15.0 Å². The lowest BCUT2D eigenvalue weighted by Gasteiger charge is -1.99. The first kappa shape index (κ1) is 10.1. The lowest BCUT2D eigenvalue weighted by molar-refractivity contribution is 0.911. The van der Waals surface area contributed by atoms with Gasteiger partial charge in [0.15, 0.2) is 5.16 Å². The summed E-state index contributed by atoms with van der Waals surface area (Å²) in [6, 6.07) is 5.73. The summed E-state index contributed by atoms with van der Waals surface area (Å²) >= 11 is 1.43. The van der Waals surface area contributed by atoms with E-state index in [0.29, 0.717) is 11.7 Å². The van der Waals surface area contributed by atoms with E-state index >= 15 is 0 Å². The van der Waals surface area contributed by atoms with Gasteiger partial charge in [0.1, 0.15) is 5.03 Å². The van der Waals surface area contributed by atoms with Gasteiger partial charge in [-0.05, 0) is 23.9 Å². The highest BCUT2D eigenvalue weighted by atomic mass is 32.2. The van der Waals surface area contributed by atoms with E-state index in [0.717, 1.165) is 10.6 Å². The fourth-order valence-corrected chi connectivity index (χ4v) is 1.66. The Hall–Kier alpha value is -1.46. The maximum absolute atomic E-state index is 5.45. The maximum atomic E-state index is 5.45. The lowest BCUT2D eigenvalue weighted by Crippen LogP contribution is -1.98. The van der Waals surface area contributed by atoms with Crippen molar-refractivity contribution in [1.29, 1.82) is 0 Å². The highest BCUT2D eigenvalue weighted by molar-refractivity contribution is 7.99.